The van der Waals surface area contributed by atoms with Gasteiger partial charge in [0.1, 0.15) is 6.61 Å². The summed E-state index contributed by atoms with van der Waals surface area (Å²) in [7, 11) is 0. The maximum Gasteiger partial charge on any atom is 0.414 e. The summed E-state index contributed by atoms with van der Waals surface area (Å²) in [5.41, 5.74) is 1.23. The van der Waals surface area contributed by atoms with Crippen LogP contribution in [0.3, 0.4) is 0 Å². The molecule has 2 fully saturated rings. The highest BCUT2D eigenvalue weighted by molar-refractivity contribution is 6.27. The maximum atomic E-state index is 9.10. The number of carbonyl (C=O) groups is 2. The molecule has 7 nitrogen and oxygen atoms in total. The molecule has 2 aliphatic rings. The third kappa shape index (κ3) is 4.17. The summed E-state index contributed by atoms with van der Waals surface area (Å²) in [4.78, 5) is 25.7. The van der Waals surface area contributed by atoms with Gasteiger partial charge in [-0.2, -0.15) is 0 Å². The van der Waals surface area contributed by atoms with Gasteiger partial charge in [-0.3, -0.25) is 4.90 Å². The van der Waals surface area contributed by atoms with Crippen LogP contribution < -0.4 is 0 Å². The lowest BCUT2D eigenvalue weighted by Crippen LogP contribution is -2.23. The quantitative estimate of drug-likeness (QED) is 0.320. The fourth-order valence-corrected chi connectivity index (χ4v) is 1.88. The first-order valence-electron chi connectivity index (χ1n) is 5.52. The van der Waals surface area contributed by atoms with E-state index < -0.39 is 11.9 Å². The third-order valence-electron chi connectivity index (χ3n) is 2.69. The van der Waals surface area contributed by atoms with Crippen LogP contribution in [0.1, 0.15) is 6.42 Å². The Morgan fingerprint density at radius 3 is 2.56 bits per heavy atom. The first-order chi connectivity index (χ1) is 8.54. The molecule has 7 heteroatoms. The summed E-state index contributed by atoms with van der Waals surface area (Å²) < 4.78 is 0. The minimum atomic E-state index is -1.82. The van der Waals surface area contributed by atoms with Crippen LogP contribution in [-0.2, 0) is 14.4 Å². The molecule has 0 aromatic carbocycles. The van der Waals surface area contributed by atoms with Crippen molar-refractivity contribution in [3.63, 3.8) is 0 Å². The van der Waals surface area contributed by atoms with E-state index in [1.54, 1.807) is 6.08 Å². The Kier molecular flexibility index (Phi) is 5.31. The van der Waals surface area contributed by atoms with E-state index in [9.17, 15) is 0 Å². The summed E-state index contributed by atoms with van der Waals surface area (Å²) in [5.74, 6) is -2.97. The molecule has 2 bridgehead atoms. The van der Waals surface area contributed by atoms with E-state index in [0.29, 0.717) is 12.5 Å². The minimum Gasteiger partial charge on any atom is -0.473 e. The SMILES string of the molecule is C=CCON=C1CN2CCC1C2.O=C(O)C(=O)O. The summed E-state index contributed by atoms with van der Waals surface area (Å²) in [6.07, 6.45) is 2.98. The van der Waals surface area contributed by atoms with Crippen LogP contribution in [0.4, 0.5) is 0 Å². The van der Waals surface area contributed by atoms with Gasteiger partial charge in [0.2, 0.25) is 0 Å². The first-order valence-corrected chi connectivity index (χ1v) is 5.52. The molecule has 0 aromatic heterocycles. The Hall–Kier alpha value is -1.89. The second-order valence-corrected chi connectivity index (χ2v) is 4.00. The number of carboxylic acids is 2. The van der Waals surface area contributed by atoms with Crippen molar-refractivity contribution < 1.29 is 24.6 Å². The van der Waals surface area contributed by atoms with Gasteiger partial charge in [0.15, 0.2) is 0 Å². The highest BCUT2D eigenvalue weighted by Gasteiger charge is 2.35. The van der Waals surface area contributed by atoms with Crippen LogP contribution in [0.15, 0.2) is 17.8 Å². The molecule has 0 spiro atoms. The third-order valence-corrected chi connectivity index (χ3v) is 2.69. The summed E-state index contributed by atoms with van der Waals surface area (Å²) in [6, 6.07) is 0. The van der Waals surface area contributed by atoms with E-state index in [1.807, 2.05) is 0 Å². The largest absolute Gasteiger partial charge is 0.473 e. The van der Waals surface area contributed by atoms with Gasteiger partial charge >= 0.3 is 11.9 Å². The van der Waals surface area contributed by atoms with E-state index in [4.69, 9.17) is 24.6 Å². The Bertz CT molecular complexity index is 354. The number of carboxylic acid groups (broad SMARTS) is 2. The number of aliphatic carboxylic acids is 2. The Labute approximate surface area is 104 Å². The van der Waals surface area contributed by atoms with Crippen LogP contribution in [0.2, 0.25) is 0 Å². The van der Waals surface area contributed by atoms with Gasteiger partial charge in [0.25, 0.3) is 0 Å². The van der Waals surface area contributed by atoms with Gasteiger partial charge in [-0.05, 0) is 13.0 Å². The van der Waals surface area contributed by atoms with Crippen molar-refractivity contribution in [1.29, 1.82) is 0 Å². The van der Waals surface area contributed by atoms with Gasteiger partial charge in [-0.1, -0.05) is 17.8 Å². The maximum absolute atomic E-state index is 9.10. The second-order valence-electron chi connectivity index (χ2n) is 4.00. The number of fused-ring (bicyclic) bond motifs is 2. The molecule has 2 heterocycles. The minimum absolute atomic E-state index is 0.524. The lowest BCUT2D eigenvalue weighted by molar-refractivity contribution is -0.159. The van der Waals surface area contributed by atoms with Crippen molar-refractivity contribution in [3.8, 4) is 0 Å². The number of hydrogen-bond acceptors (Lipinski definition) is 5. The first kappa shape index (κ1) is 14.2. The number of oxime groups is 1. The second kappa shape index (κ2) is 6.75. The monoisotopic (exact) mass is 256 g/mol. The highest BCUT2D eigenvalue weighted by Crippen LogP contribution is 2.25. The van der Waals surface area contributed by atoms with Crippen molar-refractivity contribution in [2.45, 2.75) is 6.42 Å². The normalized spacial score (nSPS) is 26.3. The zero-order valence-electron chi connectivity index (χ0n) is 9.91. The Morgan fingerprint density at radius 1 is 1.50 bits per heavy atom. The number of rotatable bonds is 3. The molecule has 2 atom stereocenters. The van der Waals surface area contributed by atoms with Crippen molar-refractivity contribution in [2.75, 3.05) is 26.2 Å². The van der Waals surface area contributed by atoms with Gasteiger partial charge in [-0.15, -0.1) is 0 Å². The molecule has 100 valence electrons. The Balaban J connectivity index is 0.000000232. The zero-order chi connectivity index (χ0) is 13.5. The molecule has 0 amide bonds. The molecule has 0 saturated carbocycles. The van der Waals surface area contributed by atoms with E-state index in [-0.39, 0.29) is 0 Å². The lowest BCUT2D eigenvalue weighted by atomic mass is 10.0. The number of piperidine rings is 1. The molecule has 0 radical (unpaired) electrons. The van der Waals surface area contributed by atoms with Crippen LogP contribution >= 0.6 is 0 Å². The van der Waals surface area contributed by atoms with E-state index in [1.165, 1.54) is 25.2 Å². The molecule has 0 aliphatic carbocycles. The fourth-order valence-electron chi connectivity index (χ4n) is 1.88. The standard InChI is InChI=1S/C9H14N2O.C2H2O4/c1-2-5-12-10-9-7-11-4-3-8(9)6-11;3-1(4)2(5)6/h2,8H,1,3-7H2;(H,3,4)(H,5,6). The van der Waals surface area contributed by atoms with Gasteiger partial charge in [0.05, 0.1) is 5.71 Å². The molecule has 2 unspecified atom stereocenters. The molecule has 2 rings (SSSR count). The van der Waals surface area contributed by atoms with Crippen molar-refractivity contribution in [3.05, 3.63) is 12.7 Å². The van der Waals surface area contributed by atoms with Gasteiger partial charge in [-0.25, -0.2) is 9.59 Å². The topological polar surface area (TPSA) is 99.4 Å². The van der Waals surface area contributed by atoms with E-state index in [0.717, 1.165) is 6.54 Å². The fraction of sp³-hybridized carbons (Fsp3) is 0.545. The predicted octanol–water partition coefficient (Wildman–Crippen LogP) is 0.0361. The number of hydrogen-bond donors (Lipinski definition) is 2. The molecule has 2 aliphatic heterocycles. The van der Waals surface area contributed by atoms with Crippen LogP contribution in [0.25, 0.3) is 0 Å². The lowest BCUT2D eigenvalue weighted by Gasteiger charge is -2.12. The van der Waals surface area contributed by atoms with Gasteiger partial charge < -0.3 is 15.1 Å². The molecule has 2 saturated heterocycles. The molecule has 0 aromatic rings. The highest BCUT2D eigenvalue weighted by atomic mass is 16.6. The van der Waals surface area contributed by atoms with Gasteiger partial charge in [0, 0.05) is 19.0 Å². The summed E-state index contributed by atoms with van der Waals surface area (Å²) in [5, 5.41) is 18.9. The average molecular weight is 256 g/mol. The number of nitrogens with zero attached hydrogens (tertiary/aromatic N) is 2. The molecular weight excluding hydrogens is 240 g/mol. The smallest absolute Gasteiger partial charge is 0.414 e. The summed E-state index contributed by atoms with van der Waals surface area (Å²) in [6.45, 7) is 7.54. The van der Waals surface area contributed by atoms with Crippen LogP contribution in [0, 0.1) is 5.92 Å². The van der Waals surface area contributed by atoms with E-state index >= 15 is 0 Å². The van der Waals surface area contributed by atoms with Crippen LogP contribution in [-0.4, -0.2) is 59.0 Å². The van der Waals surface area contributed by atoms with E-state index in [2.05, 4.69) is 16.6 Å². The molecule has 2 N–H and O–H groups in total. The van der Waals surface area contributed by atoms with Crippen molar-refractivity contribution >= 4 is 17.7 Å². The molecule has 18 heavy (non-hydrogen) atoms. The Morgan fingerprint density at radius 2 is 2.17 bits per heavy atom. The molecular formula is C11H16N2O5. The van der Waals surface area contributed by atoms with Crippen molar-refractivity contribution in [1.82, 2.24) is 4.90 Å². The zero-order valence-corrected chi connectivity index (χ0v) is 9.91. The predicted molar refractivity (Wildman–Crippen MR) is 63.4 cm³/mol. The summed E-state index contributed by atoms with van der Waals surface area (Å²) >= 11 is 0. The van der Waals surface area contributed by atoms with Crippen molar-refractivity contribution in [2.24, 2.45) is 11.1 Å². The van der Waals surface area contributed by atoms with Crippen LogP contribution in [0.5, 0.6) is 0 Å². The average Bonchev–Trinajstić information content (AvgIpc) is 2.92.